The number of fused-ring (bicyclic) bond motifs is 1. The Kier molecular flexibility index (Phi) is 6.15. The maximum absolute atomic E-state index is 12.1. The standard InChI is InChI=1S/C24H22N4O2/c29-24(25-15-14-23-27-26-22-11-4-5-16-28(22)23)13-12-19-9-6-10-21(17-19)30-18-20-7-2-1-3-8-20/h1-13,16-17H,14-15,18H2,(H,25,29)/b13-12+. The Hall–Kier alpha value is -3.93. The van der Waals surface area contributed by atoms with Gasteiger partial charge < -0.3 is 10.1 Å². The molecule has 0 fully saturated rings. The van der Waals surface area contributed by atoms with Gasteiger partial charge >= 0.3 is 0 Å². The summed E-state index contributed by atoms with van der Waals surface area (Å²) in [6, 6.07) is 23.4. The molecule has 0 aliphatic rings. The number of carbonyl (C=O) groups excluding carboxylic acids is 1. The zero-order valence-corrected chi connectivity index (χ0v) is 16.4. The number of hydrogen-bond donors (Lipinski definition) is 1. The van der Waals surface area contributed by atoms with E-state index in [-0.39, 0.29) is 5.91 Å². The van der Waals surface area contributed by atoms with Crippen LogP contribution in [0.25, 0.3) is 11.7 Å². The molecule has 0 radical (unpaired) electrons. The van der Waals surface area contributed by atoms with E-state index in [2.05, 4.69) is 15.5 Å². The average molecular weight is 398 g/mol. The maximum atomic E-state index is 12.1. The molecule has 6 heteroatoms. The molecule has 0 unspecified atom stereocenters. The fraction of sp³-hybridized carbons (Fsp3) is 0.125. The minimum absolute atomic E-state index is 0.153. The highest BCUT2D eigenvalue weighted by Crippen LogP contribution is 2.16. The summed E-state index contributed by atoms with van der Waals surface area (Å²) >= 11 is 0. The summed E-state index contributed by atoms with van der Waals surface area (Å²) in [7, 11) is 0. The molecule has 2 heterocycles. The third kappa shape index (κ3) is 5.11. The number of hydrogen-bond acceptors (Lipinski definition) is 4. The number of aromatic nitrogens is 3. The lowest BCUT2D eigenvalue weighted by Crippen LogP contribution is -2.24. The van der Waals surface area contributed by atoms with Gasteiger partial charge in [-0.2, -0.15) is 0 Å². The molecule has 6 nitrogen and oxygen atoms in total. The summed E-state index contributed by atoms with van der Waals surface area (Å²) in [5.41, 5.74) is 2.81. The van der Waals surface area contributed by atoms with Crippen LogP contribution in [-0.2, 0) is 17.8 Å². The highest BCUT2D eigenvalue weighted by Gasteiger charge is 2.04. The number of carbonyl (C=O) groups is 1. The molecule has 0 atom stereocenters. The van der Waals surface area contributed by atoms with Crippen molar-refractivity contribution in [3.05, 3.63) is 102 Å². The van der Waals surface area contributed by atoms with Crippen molar-refractivity contribution in [2.45, 2.75) is 13.0 Å². The first-order chi connectivity index (χ1) is 14.8. The van der Waals surface area contributed by atoms with Gasteiger partial charge in [-0.25, -0.2) is 0 Å². The lowest BCUT2D eigenvalue weighted by molar-refractivity contribution is -0.116. The summed E-state index contributed by atoms with van der Waals surface area (Å²) in [4.78, 5) is 12.1. The van der Waals surface area contributed by atoms with E-state index in [4.69, 9.17) is 4.74 Å². The largest absolute Gasteiger partial charge is 0.489 e. The number of pyridine rings is 1. The molecule has 4 rings (SSSR count). The molecule has 1 amide bonds. The molecule has 2 aromatic carbocycles. The molecule has 30 heavy (non-hydrogen) atoms. The minimum Gasteiger partial charge on any atom is -0.489 e. The Morgan fingerprint density at radius 3 is 2.77 bits per heavy atom. The number of nitrogens with one attached hydrogen (secondary N) is 1. The fourth-order valence-corrected chi connectivity index (χ4v) is 3.04. The molecule has 0 aliphatic heterocycles. The van der Waals surface area contributed by atoms with Crippen LogP contribution in [-0.4, -0.2) is 27.0 Å². The maximum Gasteiger partial charge on any atom is 0.244 e. The Labute approximate surface area is 174 Å². The van der Waals surface area contributed by atoms with Crippen LogP contribution in [0.1, 0.15) is 17.0 Å². The fourth-order valence-electron chi connectivity index (χ4n) is 3.04. The van der Waals surface area contributed by atoms with Gasteiger partial charge in [-0.1, -0.05) is 48.5 Å². The second-order valence-corrected chi connectivity index (χ2v) is 6.77. The SMILES string of the molecule is O=C(/C=C/c1cccc(OCc2ccccc2)c1)NCCc1nnc2ccccn12. The van der Waals surface area contributed by atoms with Crippen molar-refractivity contribution >= 4 is 17.6 Å². The van der Waals surface area contributed by atoms with Crippen LogP contribution in [0.4, 0.5) is 0 Å². The molecular formula is C24H22N4O2. The van der Waals surface area contributed by atoms with E-state index in [9.17, 15) is 4.79 Å². The van der Waals surface area contributed by atoms with Crippen molar-refractivity contribution in [2.24, 2.45) is 0 Å². The lowest BCUT2D eigenvalue weighted by atomic mass is 10.2. The molecule has 0 saturated heterocycles. The Morgan fingerprint density at radius 1 is 1.00 bits per heavy atom. The summed E-state index contributed by atoms with van der Waals surface area (Å²) in [5, 5.41) is 11.2. The van der Waals surface area contributed by atoms with Crippen molar-refractivity contribution in [3.8, 4) is 5.75 Å². The first-order valence-electron chi connectivity index (χ1n) is 9.79. The predicted molar refractivity (Wildman–Crippen MR) is 116 cm³/mol. The van der Waals surface area contributed by atoms with Crippen molar-refractivity contribution in [2.75, 3.05) is 6.54 Å². The van der Waals surface area contributed by atoms with Crippen LogP contribution in [0, 0.1) is 0 Å². The molecule has 0 aliphatic carbocycles. The zero-order valence-electron chi connectivity index (χ0n) is 16.4. The first kappa shape index (κ1) is 19.4. The van der Waals surface area contributed by atoms with E-state index in [0.29, 0.717) is 19.6 Å². The Balaban J connectivity index is 1.27. The molecule has 0 saturated carbocycles. The van der Waals surface area contributed by atoms with Crippen LogP contribution in [0.2, 0.25) is 0 Å². The summed E-state index contributed by atoms with van der Waals surface area (Å²) < 4.78 is 7.75. The molecule has 2 aromatic heterocycles. The van der Waals surface area contributed by atoms with Gasteiger partial charge in [-0.05, 0) is 41.5 Å². The van der Waals surface area contributed by atoms with Crippen molar-refractivity contribution in [1.82, 2.24) is 19.9 Å². The Morgan fingerprint density at radius 2 is 1.87 bits per heavy atom. The third-order valence-corrected chi connectivity index (χ3v) is 4.57. The van der Waals surface area contributed by atoms with E-state index in [1.807, 2.05) is 83.4 Å². The van der Waals surface area contributed by atoms with Gasteiger partial charge in [-0.3, -0.25) is 9.20 Å². The number of rotatable bonds is 8. The molecular weight excluding hydrogens is 376 g/mol. The van der Waals surface area contributed by atoms with Crippen LogP contribution in [0.3, 0.4) is 0 Å². The lowest BCUT2D eigenvalue weighted by Gasteiger charge is -2.07. The van der Waals surface area contributed by atoms with E-state index in [1.54, 1.807) is 6.08 Å². The number of nitrogens with zero attached hydrogens (tertiary/aromatic N) is 3. The van der Waals surface area contributed by atoms with Gasteiger partial charge in [0.05, 0.1) is 0 Å². The van der Waals surface area contributed by atoms with Gasteiger partial charge in [0.25, 0.3) is 0 Å². The number of benzene rings is 2. The number of ether oxygens (including phenoxy) is 1. The van der Waals surface area contributed by atoms with Gasteiger partial charge in [0.1, 0.15) is 18.2 Å². The monoisotopic (exact) mass is 398 g/mol. The predicted octanol–water partition coefficient (Wildman–Crippen LogP) is 3.68. The second-order valence-electron chi connectivity index (χ2n) is 6.77. The van der Waals surface area contributed by atoms with Crippen LogP contribution < -0.4 is 10.1 Å². The average Bonchev–Trinajstić information content (AvgIpc) is 3.20. The van der Waals surface area contributed by atoms with Crippen LogP contribution >= 0.6 is 0 Å². The molecule has 0 bridgehead atoms. The topological polar surface area (TPSA) is 68.5 Å². The quantitative estimate of drug-likeness (QED) is 0.460. The Bertz CT molecular complexity index is 1150. The van der Waals surface area contributed by atoms with Gasteiger partial charge in [-0.15, -0.1) is 10.2 Å². The van der Waals surface area contributed by atoms with Gasteiger partial charge in [0, 0.05) is 25.2 Å². The minimum atomic E-state index is -0.153. The smallest absolute Gasteiger partial charge is 0.244 e. The van der Waals surface area contributed by atoms with Crippen LogP contribution in [0.5, 0.6) is 5.75 Å². The van der Waals surface area contributed by atoms with Crippen LogP contribution in [0.15, 0.2) is 85.1 Å². The normalized spacial score (nSPS) is 11.1. The molecule has 1 N–H and O–H groups in total. The zero-order chi connectivity index (χ0) is 20.6. The first-order valence-corrected chi connectivity index (χ1v) is 9.79. The summed E-state index contributed by atoms with van der Waals surface area (Å²) in [6.07, 6.45) is 5.82. The second kappa shape index (κ2) is 9.52. The number of amides is 1. The third-order valence-electron chi connectivity index (χ3n) is 4.57. The van der Waals surface area contributed by atoms with Crippen molar-refractivity contribution in [3.63, 3.8) is 0 Å². The molecule has 0 spiro atoms. The highest BCUT2D eigenvalue weighted by atomic mass is 16.5. The highest BCUT2D eigenvalue weighted by molar-refractivity contribution is 5.91. The van der Waals surface area contributed by atoms with E-state index in [1.165, 1.54) is 6.08 Å². The van der Waals surface area contributed by atoms with Gasteiger partial charge in [0.2, 0.25) is 5.91 Å². The van der Waals surface area contributed by atoms with E-state index in [0.717, 1.165) is 28.3 Å². The molecule has 4 aromatic rings. The molecule has 150 valence electrons. The van der Waals surface area contributed by atoms with Gasteiger partial charge in [0.15, 0.2) is 5.65 Å². The van der Waals surface area contributed by atoms with Crippen molar-refractivity contribution in [1.29, 1.82) is 0 Å². The van der Waals surface area contributed by atoms with E-state index >= 15 is 0 Å². The van der Waals surface area contributed by atoms with Crippen molar-refractivity contribution < 1.29 is 9.53 Å². The summed E-state index contributed by atoms with van der Waals surface area (Å²) in [6.45, 7) is 0.991. The summed E-state index contributed by atoms with van der Waals surface area (Å²) in [5.74, 6) is 1.43. The van der Waals surface area contributed by atoms with E-state index < -0.39 is 0 Å².